The van der Waals surface area contributed by atoms with E-state index < -0.39 is 10.0 Å². The Hall–Kier alpha value is -1.40. The highest BCUT2D eigenvalue weighted by molar-refractivity contribution is 7.88. The summed E-state index contributed by atoms with van der Waals surface area (Å²) in [5, 5.41) is 0. The zero-order valence-electron chi connectivity index (χ0n) is 14.2. The van der Waals surface area contributed by atoms with Crippen molar-refractivity contribution in [2.75, 3.05) is 25.9 Å². The monoisotopic (exact) mass is 338 g/mol. The molecule has 1 saturated heterocycles. The van der Waals surface area contributed by atoms with Gasteiger partial charge in [0, 0.05) is 19.6 Å². The fourth-order valence-corrected chi connectivity index (χ4v) is 3.58. The van der Waals surface area contributed by atoms with Crippen molar-refractivity contribution in [1.82, 2.24) is 9.21 Å². The fourth-order valence-electron chi connectivity index (χ4n) is 2.85. The largest absolute Gasteiger partial charge is 0.341 e. The number of likely N-dealkylation sites (tertiary alicyclic amines) is 1. The summed E-state index contributed by atoms with van der Waals surface area (Å²) in [4.78, 5) is 14.3. The van der Waals surface area contributed by atoms with Gasteiger partial charge in [-0.3, -0.25) is 4.79 Å². The SMILES string of the molecule is Cc1ccc(CN(CC(=O)N2CCCC(C)C2)S(C)(=O)=O)cc1. The van der Waals surface area contributed by atoms with Crippen molar-refractivity contribution in [3.05, 3.63) is 35.4 Å². The van der Waals surface area contributed by atoms with Gasteiger partial charge in [0.25, 0.3) is 0 Å². The topological polar surface area (TPSA) is 57.7 Å². The van der Waals surface area contributed by atoms with Crippen molar-refractivity contribution in [3.63, 3.8) is 0 Å². The van der Waals surface area contributed by atoms with Gasteiger partial charge in [0.2, 0.25) is 15.9 Å². The molecule has 1 aliphatic rings. The van der Waals surface area contributed by atoms with Crippen LogP contribution in [-0.4, -0.2) is 49.4 Å². The molecule has 0 radical (unpaired) electrons. The van der Waals surface area contributed by atoms with E-state index >= 15 is 0 Å². The Balaban J connectivity index is 2.06. The Kier molecular flexibility index (Phi) is 5.81. The van der Waals surface area contributed by atoms with Gasteiger partial charge in [-0.25, -0.2) is 8.42 Å². The molecule has 128 valence electrons. The molecule has 0 spiro atoms. The smallest absolute Gasteiger partial charge is 0.237 e. The second-order valence-corrected chi connectivity index (χ2v) is 8.59. The Morgan fingerprint density at radius 1 is 1.30 bits per heavy atom. The number of aryl methyl sites for hydroxylation is 1. The summed E-state index contributed by atoms with van der Waals surface area (Å²) in [5.74, 6) is 0.380. The lowest BCUT2D eigenvalue weighted by Gasteiger charge is -2.32. The highest BCUT2D eigenvalue weighted by atomic mass is 32.2. The second-order valence-electron chi connectivity index (χ2n) is 6.60. The van der Waals surface area contributed by atoms with Crippen molar-refractivity contribution >= 4 is 15.9 Å². The molecule has 1 amide bonds. The highest BCUT2D eigenvalue weighted by Crippen LogP contribution is 2.17. The van der Waals surface area contributed by atoms with Crippen LogP contribution in [0.15, 0.2) is 24.3 Å². The molecule has 0 N–H and O–H groups in total. The molecule has 1 heterocycles. The van der Waals surface area contributed by atoms with Crippen LogP contribution in [0.5, 0.6) is 0 Å². The molecule has 5 nitrogen and oxygen atoms in total. The Morgan fingerprint density at radius 3 is 2.52 bits per heavy atom. The second kappa shape index (κ2) is 7.45. The molecule has 1 aromatic carbocycles. The minimum atomic E-state index is -3.43. The van der Waals surface area contributed by atoms with Crippen molar-refractivity contribution < 1.29 is 13.2 Å². The summed E-state index contributed by atoms with van der Waals surface area (Å²) in [6.07, 6.45) is 3.28. The third-order valence-electron chi connectivity index (χ3n) is 4.27. The number of carbonyl (C=O) groups excluding carboxylic acids is 1. The van der Waals surface area contributed by atoms with E-state index in [0.29, 0.717) is 5.92 Å². The quantitative estimate of drug-likeness (QED) is 0.825. The van der Waals surface area contributed by atoms with E-state index in [0.717, 1.165) is 43.3 Å². The predicted octanol–water partition coefficient (Wildman–Crippen LogP) is 2.02. The average Bonchev–Trinajstić information content (AvgIpc) is 2.47. The predicted molar refractivity (Wildman–Crippen MR) is 91.4 cm³/mol. The van der Waals surface area contributed by atoms with Crippen LogP contribution in [-0.2, 0) is 21.4 Å². The Bertz CT molecular complexity index is 640. The molecule has 0 saturated carbocycles. The minimum absolute atomic E-state index is 0.0839. The van der Waals surface area contributed by atoms with E-state index in [-0.39, 0.29) is 19.0 Å². The van der Waals surface area contributed by atoms with Crippen LogP contribution in [0.25, 0.3) is 0 Å². The van der Waals surface area contributed by atoms with E-state index in [9.17, 15) is 13.2 Å². The van der Waals surface area contributed by atoms with Gasteiger partial charge in [-0.05, 0) is 31.2 Å². The number of sulfonamides is 1. The standard InChI is InChI=1S/C17H26N2O3S/c1-14-6-8-16(9-7-14)12-19(23(3,21)22)13-17(20)18-10-4-5-15(2)11-18/h6-9,15H,4-5,10-13H2,1-3H3. The summed E-state index contributed by atoms with van der Waals surface area (Å²) >= 11 is 0. The van der Waals surface area contributed by atoms with E-state index in [1.807, 2.05) is 31.2 Å². The first-order valence-electron chi connectivity index (χ1n) is 8.04. The van der Waals surface area contributed by atoms with Crippen LogP contribution < -0.4 is 0 Å². The lowest BCUT2D eigenvalue weighted by Crippen LogP contribution is -2.45. The molecule has 6 heteroatoms. The molecular weight excluding hydrogens is 312 g/mol. The molecule has 23 heavy (non-hydrogen) atoms. The van der Waals surface area contributed by atoms with E-state index in [1.54, 1.807) is 4.90 Å². The summed E-state index contributed by atoms with van der Waals surface area (Å²) in [7, 11) is -3.43. The Morgan fingerprint density at radius 2 is 1.96 bits per heavy atom. The zero-order chi connectivity index (χ0) is 17.0. The molecule has 1 unspecified atom stereocenters. The van der Waals surface area contributed by atoms with Crippen LogP contribution in [0.3, 0.4) is 0 Å². The minimum Gasteiger partial charge on any atom is -0.341 e. The van der Waals surface area contributed by atoms with Crippen molar-refractivity contribution in [3.8, 4) is 0 Å². The van der Waals surface area contributed by atoms with E-state index in [2.05, 4.69) is 6.92 Å². The number of amides is 1. The van der Waals surface area contributed by atoms with Crippen LogP contribution in [0.1, 0.15) is 30.9 Å². The maximum absolute atomic E-state index is 12.5. The molecule has 1 atom stereocenters. The zero-order valence-corrected chi connectivity index (χ0v) is 15.0. The number of carbonyl (C=O) groups is 1. The lowest BCUT2D eigenvalue weighted by molar-refractivity contribution is -0.133. The molecule has 1 aromatic rings. The first-order chi connectivity index (χ1) is 10.8. The summed E-state index contributed by atoms with van der Waals surface area (Å²) < 4.78 is 25.3. The number of hydrogen-bond donors (Lipinski definition) is 0. The van der Waals surface area contributed by atoms with Gasteiger partial charge >= 0.3 is 0 Å². The van der Waals surface area contributed by atoms with E-state index in [4.69, 9.17) is 0 Å². The van der Waals surface area contributed by atoms with Crippen molar-refractivity contribution in [2.45, 2.75) is 33.2 Å². The number of nitrogens with zero attached hydrogens (tertiary/aromatic N) is 2. The average molecular weight is 338 g/mol. The van der Waals surface area contributed by atoms with Gasteiger partial charge in [0.15, 0.2) is 0 Å². The molecule has 0 bridgehead atoms. The molecule has 0 aromatic heterocycles. The Labute approximate surface area is 139 Å². The summed E-state index contributed by atoms with van der Waals surface area (Å²) in [6, 6.07) is 7.70. The molecule has 1 aliphatic heterocycles. The first kappa shape index (κ1) is 17.9. The fraction of sp³-hybridized carbons (Fsp3) is 0.588. The lowest BCUT2D eigenvalue weighted by atomic mass is 10.0. The first-order valence-corrected chi connectivity index (χ1v) is 9.89. The van der Waals surface area contributed by atoms with Gasteiger partial charge in [-0.2, -0.15) is 4.31 Å². The molecular formula is C17H26N2O3S. The summed E-state index contributed by atoms with van der Waals surface area (Å²) in [6.45, 7) is 5.71. The maximum Gasteiger partial charge on any atom is 0.237 e. The van der Waals surface area contributed by atoms with Gasteiger partial charge in [-0.1, -0.05) is 36.8 Å². The molecule has 0 aliphatic carbocycles. The number of piperidine rings is 1. The van der Waals surface area contributed by atoms with Crippen molar-refractivity contribution in [2.24, 2.45) is 5.92 Å². The number of rotatable bonds is 5. The number of benzene rings is 1. The third kappa shape index (κ3) is 5.32. The van der Waals surface area contributed by atoms with Crippen LogP contribution in [0.4, 0.5) is 0 Å². The summed E-state index contributed by atoms with van der Waals surface area (Å²) in [5.41, 5.74) is 2.01. The normalized spacial score (nSPS) is 19.1. The van der Waals surface area contributed by atoms with Gasteiger partial charge < -0.3 is 4.90 Å². The van der Waals surface area contributed by atoms with Crippen LogP contribution >= 0.6 is 0 Å². The van der Waals surface area contributed by atoms with Crippen molar-refractivity contribution in [1.29, 1.82) is 0 Å². The van der Waals surface area contributed by atoms with Gasteiger partial charge in [0.05, 0.1) is 12.8 Å². The maximum atomic E-state index is 12.5. The van der Waals surface area contributed by atoms with Gasteiger partial charge in [-0.15, -0.1) is 0 Å². The highest BCUT2D eigenvalue weighted by Gasteiger charge is 2.26. The molecule has 1 fully saturated rings. The van der Waals surface area contributed by atoms with Crippen LogP contribution in [0.2, 0.25) is 0 Å². The third-order valence-corrected chi connectivity index (χ3v) is 5.47. The van der Waals surface area contributed by atoms with Crippen LogP contribution in [0, 0.1) is 12.8 Å². The number of hydrogen-bond acceptors (Lipinski definition) is 3. The van der Waals surface area contributed by atoms with E-state index in [1.165, 1.54) is 4.31 Å². The van der Waals surface area contributed by atoms with Gasteiger partial charge in [0.1, 0.15) is 0 Å². The molecule has 2 rings (SSSR count).